The van der Waals surface area contributed by atoms with Gasteiger partial charge in [-0.1, -0.05) is 0 Å². The van der Waals surface area contributed by atoms with Gasteiger partial charge in [-0.25, -0.2) is 18.7 Å². The van der Waals surface area contributed by atoms with Crippen LogP contribution in [0, 0.1) is 11.6 Å². The molecule has 0 aliphatic heterocycles. The molecule has 2 aromatic heterocycles. The third kappa shape index (κ3) is 3.39. The average Bonchev–Trinajstić information content (AvgIpc) is 3.13. The van der Waals surface area contributed by atoms with Crippen LogP contribution in [-0.2, 0) is 0 Å². The second-order valence-corrected chi connectivity index (χ2v) is 5.98. The van der Waals surface area contributed by atoms with Crippen molar-refractivity contribution in [3.8, 4) is 17.3 Å². The van der Waals surface area contributed by atoms with Crippen LogP contribution in [-0.4, -0.2) is 28.0 Å². The number of nitrogens with zero attached hydrogens (tertiary/aromatic N) is 2. The van der Waals surface area contributed by atoms with E-state index in [1.54, 1.807) is 30.3 Å². The summed E-state index contributed by atoms with van der Waals surface area (Å²) in [6, 6.07) is 11.4. The molecule has 0 fully saturated rings. The zero-order valence-electron chi connectivity index (χ0n) is 14.7. The van der Waals surface area contributed by atoms with E-state index in [0.29, 0.717) is 28.2 Å². The summed E-state index contributed by atoms with van der Waals surface area (Å²) in [7, 11) is 1.49. The minimum absolute atomic E-state index is 0.0334. The Morgan fingerprint density at radius 3 is 2.71 bits per heavy atom. The first-order chi connectivity index (χ1) is 13.5. The lowest BCUT2D eigenvalue weighted by Gasteiger charge is -2.05. The molecule has 0 saturated heterocycles. The molecule has 0 saturated carbocycles. The van der Waals surface area contributed by atoms with E-state index in [9.17, 15) is 13.6 Å². The van der Waals surface area contributed by atoms with Gasteiger partial charge in [0, 0.05) is 18.0 Å². The molecule has 0 spiro atoms. The summed E-state index contributed by atoms with van der Waals surface area (Å²) in [4.78, 5) is 23.6. The number of carbonyl (C=O) groups excluding carboxylic acids is 1. The van der Waals surface area contributed by atoms with Crippen LogP contribution >= 0.6 is 0 Å². The lowest BCUT2D eigenvalue weighted by atomic mass is 10.2. The molecule has 2 heterocycles. The Kier molecular flexibility index (Phi) is 4.44. The van der Waals surface area contributed by atoms with Crippen LogP contribution in [0.1, 0.15) is 10.4 Å². The smallest absolute Gasteiger partial charge is 0.257 e. The molecule has 0 aliphatic rings. The van der Waals surface area contributed by atoms with E-state index >= 15 is 0 Å². The van der Waals surface area contributed by atoms with Gasteiger partial charge in [-0.2, -0.15) is 0 Å². The second kappa shape index (κ2) is 7.07. The van der Waals surface area contributed by atoms with Crippen molar-refractivity contribution in [1.29, 1.82) is 0 Å². The molecular weight excluding hydrogens is 366 g/mol. The Morgan fingerprint density at radius 2 is 1.96 bits per heavy atom. The fourth-order valence-corrected chi connectivity index (χ4v) is 2.73. The first-order valence-corrected chi connectivity index (χ1v) is 8.30. The van der Waals surface area contributed by atoms with Crippen molar-refractivity contribution >= 4 is 22.6 Å². The van der Waals surface area contributed by atoms with E-state index in [2.05, 4.69) is 20.3 Å². The number of anilines is 1. The molecule has 0 unspecified atom stereocenters. The summed E-state index contributed by atoms with van der Waals surface area (Å²) in [6.07, 6.45) is 1.41. The summed E-state index contributed by atoms with van der Waals surface area (Å²) >= 11 is 0. The molecule has 28 heavy (non-hydrogen) atoms. The van der Waals surface area contributed by atoms with Crippen LogP contribution in [0.2, 0.25) is 0 Å². The van der Waals surface area contributed by atoms with Crippen molar-refractivity contribution in [2.24, 2.45) is 0 Å². The predicted octanol–water partition coefficient (Wildman–Crippen LogP) is 4.16. The molecule has 140 valence electrons. The number of halogens is 2. The van der Waals surface area contributed by atoms with Crippen molar-refractivity contribution in [2.45, 2.75) is 0 Å². The highest BCUT2D eigenvalue weighted by Gasteiger charge is 2.13. The van der Waals surface area contributed by atoms with E-state index in [-0.39, 0.29) is 17.3 Å². The van der Waals surface area contributed by atoms with Crippen LogP contribution in [0.5, 0.6) is 5.88 Å². The zero-order chi connectivity index (χ0) is 19.7. The van der Waals surface area contributed by atoms with Gasteiger partial charge in [-0.15, -0.1) is 0 Å². The molecular formula is C20H14F2N4O2. The number of hydrogen-bond donors (Lipinski definition) is 2. The number of amides is 1. The third-order valence-electron chi connectivity index (χ3n) is 4.13. The van der Waals surface area contributed by atoms with E-state index in [0.717, 1.165) is 18.2 Å². The molecule has 8 heteroatoms. The van der Waals surface area contributed by atoms with E-state index in [1.165, 1.54) is 13.3 Å². The van der Waals surface area contributed by atoms with Gasteiger partial charge in [0.25, 0.3) is 5.91 Å². The van der Waals surface area contributed by atoms with Gasteiger partial charge in [0.2, 0.25) is 5.88 Å². The highest BCUT2D eigenvalue weighted by atomic mass is 19.1. The van der Waals surface area contributed by atoms with Crippen LogP contribution in [0.25, 0.3) is 22.4 Å². The Morgan fingerprint density at radius 1 is 1.11 bits per heavy atom. The summed E-state index contributed by atoms with van der Waals surface area (Å²) in [6.45, 7) is 0. The van der Waals surface area contributed by atoms with Crippen molar-refractivity contribution in [3.05, 3.63) is 71.9 Å². The van der Waals surface area contributed by atoms with Gasteiger partial charge in [-0.05, 0) is 42.5 Å². The molecule has 0 aliphatic carbocycles. The van der Waals surface area contributed by atoms with Gasteiger partial charge in [-0.3, -0.25) is 4.79 Å². The molecule has 0 radical (unpaired) electrons. The van der Waals surface area contributed by atoms with E-state index in [4.69, 9.17) is 4.74 Å². The maximum atomic E-state index is 14.0. The van der Waals surface area contributed by atoms with Gasteiger partial charge in [0.15, 0.2) is 0 Å². The van der Waals surface area contributed by atoms with Crippen molar-refractivity contribution in [1.82, 2.24) is 15.0 Å². The number of benzene rings is 2. The first kappa shape index (κ1) is 17.6. The van der Waals surface area contributed by atoms with Crippen LogP contribution in [0.15, 0.2) is 54.7 Å². The molecule has 6 nitrogen and oxygen atoms in total. The fraction of sp³-hybridized carbons (Fsp3) is 0.0500. The van der Waals surface area contributed by atoms with E-state index in [1.807, 2.05) is 0 Å². The minimum Gasteiger partial charge on any atom is -0.481 e. The van der Waals surface area contributed by atoms with Crippen molar-refractivity contribution in [2.75, 3.05) is 12.4 Å². The summed E-state index contributed by atoms with van der Waals surface area (Å²) in [5.74, 6) is -0.869. The summed E-state index contributed by atoms with van der Waals surface area (Å²) in [5, 5.41) is 2.76. The normalized spacial score (nSPS) is 10.8. The van der Waals surface area contributed by atoms with Gasteiger partial charge >= 0.3 is 0 Å². The van der Waals surface area contributed by atoms with E-state index < -0.39 is 11.6 Å². The fourth-order valence-electron chi connectivity index (χ4n) is 2.73. The van der Waals surface area contributed by atoms with Crippen molar-refractivity contribution in [3.63, 3.8) is 0 Å². The monoisotopic (exact) mass is 380 g/mol. The SMILES string of the molecule is COc1ccc(C(=O)Nc2ccc3nc(-c4cc(F)ccc4F)[nH]c3c2)cn1. The Balaban J connectivity index is 1.61. The molecule has 4 aromatic rings. The number of methoxy groups -OCH3 is 1. The highest BCUT2D eigenvalue weighted by molar-refractivity contribution is 6.04. The number of hydrogen-bond acceptors (Lipinski definition) is 4. The number of rotatable bonds is 4. The number of imidazole rings is 1. The molecule has 0 bridgehead atoms. The first-order valence-electron chi connectivity index (χ1n) is 8.30. The number of aromatic amines is 1. The Labute approximate surface area is 158 Å². The predicted molar refractivity (Wildman–Crippen MR) is 100 cm³/mol. The third-order valence-corrected chi connectivity index (χ3v) is 4.13. The maximum Gasteiger partial charge on any atom is 0.257 e. The number of H-pyrrole nitrogens is 1. The lowest BCUT2D eigenvalue weighted by molar-refractivity contribution is 0.102. The average molecular weight is 380 g/mol. The van der Waals surface area contributed by atoms with Crippen LogP contribution < -0.4 is 10.1 Å². The van der Waals surface area contributed by atoms with Crippen LogP contribution in [0.3, 0.4) is 0 Å². The molecule has 2 N–H and O–H groups in total. The molecule has 4 rings (SSSR count). The van der Waals surface area contributed by atoms with Gasteiger partial charge in [0.1, 0.15) is 17.5 Å². The number of nitrogens with one attached hydrogen (secondary N) is 2. The molecule has 1 amide bonds. The standard InChI is InChI=1S/C20H14F2N4O2/c1-28-18-7-2-11(10-23-18)20(27)24-13-4-6-16-17(9-13)26-19(25-16)14-8-12(21)3-5-15(14)22/h2-10H,1H3,(H,24,27)(H,25,26). The number of ether oxygens (including phenoxy) is 1. The largest absolute Gasteiger partial charge is 0.481 e. The molecule has 0 atom stereocenters. The number of fused-ring (bicyclic) bond motifs is 1. The Hall–Kier alpha value is -3.81. The number of pyridine rings is 1. The topological polar surface area (TPSA) is 79.9 Å². The van der Waals surface area contributed by atoms with Gasteiger partial charge in [0.05, 0.1) is 29.3 Å². The maximum absolute atomic E-state index is 14.0. The number of aromatic nitrogens is 3. The zero-order valence-corrected chi connectivity index (χ0v) is 14.7. The second-order valence-electron chi connectivity index (χ2n) is 5.98. The van der Waals surface area contributed by atoms with Gasteiger partial charge < -0.3 is 15.0 Å². The summed E-state index contributed by atoms with van der Waals surface area (Å²) < 4.78 is 32.4. The minimum atomic E-state index is -0.582. The Bertz CT molecular complexity index is 1170. The lowest BCUT2D eigenvalue weighted by Crippen LogP contribution is -2.12. The summed E-state index contributed by atoms with van der Waals surface area (Å²) in [5.41, 5.74) is 2.05. The molecule has 2 aromatic carbocycles. The van der Waals surface area contributed by atoms with Crippen molar-refractivity contribution < 1.29 is 18.3 Å². The highest BCUT2D eigenvalue weighted by Crippen LogP contribution is 2.25. The number of carbonyl (C=O) groups is 1. The quantitative estimate of drug-likeness (QED) is 0.557. The van der Waals surface area contributed by atoms with Crippen LogP contribution in [0.4, 0.5) is 14.5 Å².